The van der Waals surface area contributed by atoms with Gasteiger partial charge < -0.3 is 0 Å². The van der Waals surface area contributed by atoms with E-state index in [9.17, 15) is 0 Å². The molecule has 10 aromatic rings. The summed E-state index contributed by atoms with van der Waals surface area (Å²) in [6.45, 7) is 0. The Morgan fingerprint density at radius 3 is 1.32 bits per heavy atom. The Labute approximate surface area is 291 Å². The third-order valence-electron chi connectivity index (χ3n) is 10.4. The summed E-state index contributed by atoms with van der Waals surface area (Å²) < 4.78 is 0. The molecule has 10 rings (SSSR count). The van der Waals surface area contributed by atoms with Crippen molar-refractivity contribution in [2.24, 2.45) is 0 Å². The lowest BCUT2D eigenvalue weighted by molar-refractivity contribution is 1.62. The Hall–Kier alpha value is -6.50. The van der Waals surface area contributed by atoms with Crippen LogP contribution >= 0.6 is 0 Å². The zero-order valence-electron chi connectivity index (χ0n) is 27.5. The summed E-state index contributed by atoms with van der Waals surface area (Å²) in [7, 11) is 0. The molecule has 0 aliphatic rings. The van der Waals surface area contributed by atoms with E-state index in [-0.39, 0.29) is 0 Å². The molecule has 0 bridgehead atoms. The summed E-state index contributed by atoms with van der Waals surface area (Å²) in [5.41, 5.74) is 9.94. The van der Waals surface area contributed by atoms with Gasteiger partial charge in [0.05, 0.1) is 0 Å². The molecule has 0 saturated carbocycles. The molecule has 0 amide bonds. The Morgan fingerprint density at radius 2 is 0.640 bits per heavy atom. The number of rotatable bonds is 4. The predicted octanol–water partition coefficient (Wildman–Crippen LogP) is 14.1. The van der Waals surface area contributed by atoms with Crippen LogP contribution < -0.4 is 0 Å². The third kappa shape index (κ3) is 4.69. The molecule has 0 unspecified atom stereocenters. The maximum Gasteiger partial charge on any atom is -0.00201 e. The normalized spacial score (nSPS) is 11.6. The fraction of sp³-hybridized carbons (Fsp3) is 0. The van der Waals surface area contributed by atoms with E-state index < -0.39 is 0 Å². The molecule has 0 aromatic heterocycles. The quantitative estimate of drug-likeness (QED) is 0.169. The first kappa shape index (κ1) is 28.5. The van der Waals surface area contributed by atoms with Crippen LogP contribution in [0, 0.1) is 0 Å². The van der Waals surface area contributed by atoms with Crippen molar-refractivity contribution in [2.75, 3.05) is 0 Å². The number of hydrogen-bond acceptors (Lipinski definition) is 0. The highest BCUT2D eigenvalue weighted by atomic mass is 14.2. The highest BCUT2D eigenvalue weighted by Gasteiger charge is 2.19. The van der Waals surface area contributed by atoms with E-state index in [1.54, 1.807) is 0 Å². The molecule has 0 radical (unpaired) electrons. The number of fused-ring (bicyclic) bond motifs is 5. The maximum atomic E-state index is 2.42. The maximum absolute atomic E-state index is 2.42. The van der Waals surface area contributed by atoms with Crippen molar-refractivity contribution in [1.29, 1.82) is 0 Å². The number of benzene rings is 10. The predicted molar refractivity (Wildman–Crippen MR) is 216 cm³/mol. The smallest absolute Gasteiger partial charge is 0.00201 e. The van der Waals surface area contributed by atoms with E-state index in [4.69, 9.17) is 0 Å². The van der Waals surface area contributed by atoms with Gasteiger partial charge in [0.2, 0.25) is 0 Å². The van der Waals surface area contributed by atoms with Crippen molar-refractivity contribution in [3.8, 4) is 44.5 Å². The standard InChI is InChI=1S/C50H32/c1-3-13-38-30-40(26-22-33(38)10-1)35-20-24-37(25-21-35)49-45-17-7-8-18-46(45)50(44-19-9-15-36-12-5-6-16-43(36)44)47-29-28-42(32-48(47)49)41-27-23-34-11-2-4-14-39(34)31-41/h1-32H. The van der Waals surface area contributed by atoms with Gasteiger partial charge >= 0.3 is 0 Å². The highest BCUT2D eigenvalue weighted by Crippen LogP contribution is 2.46. The topological polar surface area (TPSA) is 0 Å². The second kappa shape index (κ2) is 11.6. The molecule has 232 valence electrons. The molecule has 0 aliphatic heterocycles. The van der Waals surface area contributed by atoms with Crippen molar-refractivity contribution in [3.63, 3.8) is 0 Å². The molecular weight excluding hydrogens is 601 g/mol. The third-order valence-corrected chi connectivity index (χ3v) is 10.4. The van der Waals surface area contributed by atoms with Gasteiger partial charge in [-0.05, 0) is 117 Å². The van der Waals surface area contributed by atoms with Crippen molar-refractivity contribution in [3.05, 3.63) is 194 Å². The molecule has 0 nitrogen and oxygen atoms in total. The van der Waals surface area contributed by atoms with Gasteiger partial charge in [-0.1, -0.05) is 176 Å². The van der Waals surface area contributed by atoms with Gasteiger partial charge in [0.1, 0.15) is 0 Å². The van der Waals surface area contributed by atoms with Crippen LogP contribution in [0.25, 0.3) is 98.4 Å². The average Bonchev–Trinajstić information content (AvgIpc) is 3.19. The van der Waals surface area contributed by atoms with Gasteiger partial charge in [-0.3, -0.25) is 0 Å². The van der Waals surface area contributed by atoms with E-state index in [1.807, 2.05) is 0 Å². The average molecular weight is 633 g/mol. The minimum atomic E-state index is 1.22. The Morgan fingerprint density at radius 1 is 0.200 bits per heavy atom. The van der Waals surface area contributed by atoms with E-state index >= 15 is 0 Å². The number of hydrogen-bond donors (Lipinski definition) is 0. The van der Waals surface area contributed by atoms with Crippen LogP contribution in [0.1, 0.15) is 0 Å². The van der Waals surface area contributed by atoms with Gasteiger partial charge in [-0.25, -0.2) is 0 Å². The van der Waals surface area contributed by atoms with Crippen molar-refractivity contribution in [2.45, 2.75) is 0 Å². The van der Waals surface area contributed by atoms with Gasteiger partial charge in [0, 0.05) is 0 Å². The Bertz CT molecular complexity index is 2900. The largest absolute Gasteiger partial charge is 0.0616 e. The molecule has 0 heteroatoms. The minimum absolute atomic E-state index is 1.22. The van der Waals surface area contributed by atoms with Gasteiger partial charge in [0.25, 0.3) is 0 Å². The van der Waals surface area contributed by atoms with Crippen LogP contribution in [0.3, 0.4) is 0 Å². The van der Waals surface area contributed by atoms with Crippen LogP contribution in [0.4, 0.5) is 0 Å². The molecule has 50 heavy (non-hydrogen) atoms. The lowest BCUT2D eigenvalue weighted by Gasteiger charge is -2.20. The highest BCUT2D eigenvalue weighted by molar-refractivity contribution is 6.24. The fourth-order valence-corrected chi connectivity index (χ4v) is 7.97. The fourth-order valence-electron chi connectivity index (χ4n) is 7.97. The summed E-state index contributed by atoms with van der Waals surface area (Å²) in [4.78, 5) is 0. The van der Waals surface area contributed by atoms with E-state index in [1.165, 1.54) is 98.4 Å². The second-order valence-electron chi connectivity index (χ2n) is 13.3. The zero-order chi connectivity index (χ0) is 33.0. The van der Waals surface area contributed by atoms with Crippen LogP contribution in [0.2, 0.25) is 0 Å². The molecule has 0 N–H and O–H groups in total. The Kier molecular flexibility index (Phi) is 6.60. The second-order valence-corrected chi connectivity index (χ2v) is 13.3. The molecule has 0 fully saturated rings. The molecule has 0 heterocycles. The summed E-state index contributed by atoms with van der Waals surface area (Å²) in [5, 5.41) is 12.6. The molecule has 0 saturated heterocycles. The Balaban J connectivity index is 1.24. The zero-order valence-corrected chi connectivity index (χ0v) is 27.5. The summed E-state index contributed by atoms with van der Waals surface area (Å²) in [6, 6.07) is 71.5. The van der Waals surface area contributed by atoms with Crippen molar-refractivity contribution < 1.29 is 0 Å². The van der Waals surface area contributed by atoms with Gasteiger partial charge in [0.15, 0.2) is 0 Å². The lowest BCUT2D eigenvalue weighted by Crippen LogP contribution is -1.92. The van der Waals surface area contributed by atoms with Crippen LogP contribution in [-0.2, 0) is 0 Å². The minimum Gasteiger partial charge on any atom is -0.0616 e. The van der Waals surface area contributed by atoms with Gasteiger partial charge in [-0.15, -0.1) is 0 Å². The summed E-state index contributed by atoms with van der Waals surface area (Å²) >= 11 is 0. The monoisotopic (exact) mass is 632 g/mol. The lowest BCUT2D eigenvalue weighted by atomic mass is 9.83. The molecule has 0 atom stereocenters. The van der Waals surface area contributed by atoms with Crippen molar-refractivity contribution in [1.82, 2.24) is 0 Å². The van der Waals surface area contributed by atoms with E-state index in [0.29, 0.717) is 0 Å². The van der Waals surface area contributed by atoms with E-state index in [2.05, 4.69) is 194 Å². The first-order chi connectivity index (χ1) is 24.8. The SMILES string of the molecule is c1ccc2cc(-c3ccc(-c4c5ccccc5c(-c5cccc6ccccc56)c5ccc(-c6ccc7ccccc7c6)cc45)cc3)ccc2c1. The van der Waals surface area contributed by atoms with Gasteiger partial charge in [-0.2, -0.15) is 0 Å². The summed E-state index contributed by atoms with van der Waals surface area (Å²) in [5.74, 6) is 0. The molecule has 10 aromatic carbocycles. The molecular formula is C50H32. The van der Waals surface area contributed by atoms with Crippen LogP contribution in [0.15, 0.2) is 194 Å². The molecule has 0 aliphatic carbocycles. The summed E-state index contributed by atoms with van der Waals surface area (Å²) in [6.07, 6.45) is 0. The van der Waals surface area contributed by atoms with Crippen LogP contribution in [0.5, 0.6) is 0 Å². The van der Waals surface area contributed by atoms with E-state index in [0.717, 1.165) is 0 Å². The first-order valence-electron chi connectivity index (χ1n) is 17.3. The van der Waals surface area contributed by atoms with Crippen LogP contribution in [-0.4, -0.2) is 0 Å². The molecule has 0 spiro atoms. The first-order valence-corrected chi connectivity index (χ1v) is 17.3. The van der Waals surface area contributed by atoms with Crippen molar-refractivity contribution >= 4 is 53.9 Å².